The van der Waals surface area contributed by atoms with Crippen molar-refractivity contribution in [1.82, 2.24) is 10.2 Å². The van der Waals surface area contributed by atoms with Gasteiger partial charge in [0, 0.05) is 38.2 Å². The van der Waals surface area contributed by atoms with Crippen molar-refractivity contribution >= 4 is 17.3 Å². The number of para-hydroxylation sites is 2. The van der Waals surface area contributed by atoms with Gasteiger partial charge in [-0.25, -0.2) is 0 Å². The summed E-state index contributed by atoms with van der Waals surface area (Å²) in [6.45, 7) is 5.21. The summed E-state index contributed by atoms with van der Waals surface area (Å²) in [6.07, 6.45) is 5.34. The third-order valence-electron chi connectivity index (χ3n) is 6.63. The van der Waals surface area contributed by atoms with Gasteiger partial charge in [0.25, 0.3) is 5.69 Å². The number of likely N-dealkylation sites (tertiary alicyclic amines) is 1. The molecule has 2 aromatic rings. The summed E-state index contributed by atoms with van der Waals surface area (Å²) >= 11 is 0. The number of hydrogen-bond donors (Lipinski definition) is 1. The lowest BCUT2D eigenvalue weighted by molar-refractivity contribution is -0.384. The molecule has 170 valence electrons. The fraction of sp³-hybridized carbons (Fsp3) is 0.480. The van der Waals surface area contributed by atoms with Crippen molar-refractivity contribution in [2.24, 2.45) is 5.92 Å². The van der Waals surface area contributed by atoms with E-state index in [4.69, 9.17) is 0 Å². The maximum absolute atomic E-state index is 12.7. The predicted molar refractivity (Wildman–Crippen MR) is 125 cm³/mol. The molecule has 2 aliphatic rings. The van der Waals surface area contributed by atoms with Gasteiger partial charge in [-0.15, -0.1) is 0 Å². The van der Waals surface area contributed by atoms with Crippen LogP contribution in [0.2, 0.25) is 0 Å². The number of piperidine rings is 2. The number of nitro benzene ring substituents is 1. The van der Waals surface area contributed by atoms with Gasteiger partial charge in [0.05, 0.1) is 4.92 Å². The van der Waals surface area contributed by atoms with E-state index in [0.717, 1.165) is 12.1 Å². The third-order valence-corrected chi connectivity index (χ3v) is 6.63. The topological polar surface area (TPSA) is 78.7 Å². The molecule has 0 aliphatic carbocycles. The molecular formula is C25H32N4O3. The number of nitro groups is 1. The molecule has 2 aliphatic heterocycles. The highest BCUT2D eigenvalue weighted by atomic mass is 16.6. The number of hydrogen-bond acceptors (Lipinski definition) is 5. The smallest absolute Gasteiger partial charge is 0.292 e. The first kappa shape index (κ1) is 22.3. The summed E-state index contributed by atoms with van der Waals surface area (Å²) in [5, 5.41) is 14.4. The highest BCUT2D eigenvalue weighted by molar-refractivity contribution is 5.79. The lowest BCUT2D eigenvalue weighted by Crippen LogP contribution is -2.40. The first-order valence-corrected chi connectivity index (χ1v) is 11.7. The number of nitrogens with one attached hydrogen (secondary N) is 1. The summed E-state index contributed by atoms with van der Waals surface area (Å²) in [5.74, 6) is 0.0250. The Morgan fingerprint density at radius 2 is 1.59 bits per heavy atom. The lowest BCUT2D eigenvalue weighted by Gasteiger charge is -2.32. The minimum absolute atomic E-state index is 0.0487. The molecule has 0 atom stereocenters. The number of carbonyl (C=O) groups excluding carboxylic acids is 1. The fourth-order valence-corrected chi connectivity index (χ4v) is 4.74. The summed E-state index contributed by atoms with van der Waals surface area (Å²) in [4.78, 5) is 28.2. The van der Waals surface area contributed by atoms with Crippen molar-refractivity contribution in [2.75, 3.05) is 31.1 Å². The van der Waals surface area contributed by atoms with Gasteiger partial charge in [-0.05, 0) is 56.0 Å². The van der Waals surface area contributed by atoms with Crippen molar-refractivity contribution in [2.45, 2.75) is 45.2 Å². The van der Waals surface area contributed by atoms with Gasteiger partial charge >= 0.3 is 0 Å². The number of rotatable bonds is 7. The minimum atomic E-state index is -0.341. The Morgan fingerprint density at radius 3 is 2.28 bits per heavy atom. The molecule has 7 heteroatoms. The maximum atomic E-state index is 12.7. The molecule has 0 radical (unpaired) electrons. The predicted octanol–water partition coefficient (Wildman–Crippen LogP) is 4.11. The quantitative estimate of drug-likeness (QED) is 0.522. The van der Waals surface area contributed by atoms with Crippen LogP contribution in [0.25, 0.3) is 0 Å². The van der Waals surface area contributed by atoms with Crippen LogP contribution in [0.3, 0.4) is 0 Å². The van der Waals surface area contributed by atoms with Crippen LogP contribution in [0.4, 0.5) is 11.4 Å². The van der Waals surface area contributed by atoms with E-state index in [-0.39, 0.29) is 22.4 Å². The van der Waals surface area contributed by atoms with E-state index in [2.05, 4.69) is 34.5 Å². The average Bonchev–Trinajstić information content (AvgIpc) is 2.84. The zero-order chi connectivity index (χ0) is 22.3. The van der Waals surface area contributed by atoms with E-state index in [9.17, 15) is 14.9 Å². The Morgan fingerprint density at radius 1 is 0.938 bits per heavy atom. The highest BCUT2D eigenvalue weighted by Crippen LogP contribution is 2.31. The number of amides is 1. The van der Waals surface area contributed by atoms with Gasteiger partial charge in [0.1, 0.15) is 5.69 Å². The van der Waals surface area contributed by atoms with Gasteiger partial charge in [0.2, 0.25) is 5.91 Å². The summed E-state index contributed by atoms with van der Waals surface area (Å²) in [6, 6.07) is 15.4. The Balaban J connectivity index is 1.23. The van der Waals surface area contributed by atoms with Crippen LogP contribution in [0, 0.1) is 16.0 Å². The molecule has 2 saturated heterocycles. The molecule has 0 saturated carbocycles. The van der Waals surface area contributed by atoms with Crippen LogP contribution in [0.1, 0.15) is 43.2 Å². The first-order chi connectivity index (χ1) is 15.6. The molecule has 0 spiro atoms. The van der Waals surface area contributed by atoms with Crippen LogP contribution < -0.4 is 10.2 Å². The molecule has 2 aromatic carbocycles. The van der Waals surface area contributed by atoms with Crippen molar-refractivity contribution in [3.05, 3.63) is 69.8 Å². The standard InChI is InChI=1S/C25H32N4O3/c30-25(22-12-16-28(17-13-22)23-6-2-3-7-24(23)29(31)32)26-18-20-8-10-21(11-9-20)19-27-14-4-1-5-15-27/h2-3,6-11,22H,1,4-5,12-19H2,(H,26,30). The normalized spacial score (nSPS) is 17.8. The molecule has 32 heavy (non-hydrogen) atoms. The van der Waals surface area contributed by atoms with Crippen molar-refractivity contribution < 1.29 is 9.72 Å². The summed E-state index contributed by atoms with van der Waals surface area (Å²) < 4.78 is 0. The third kappa shape index (κ3) is 5.65. The van der Waals surface area contributed by atoms with E-state index in [1.807, 2.05) is 11.0 Å². The molecule has 2 fully saturated rings. The van der Waals surface area contributed by atoms with E-state index in [1.165, 1.54) is 44.0 Å². The van der Waals surface area contributed by atoms with Crippen LogP contribution >= 0.6 is 0 Å². The summed E-state index contributed by atoms with van der Waals surface area (Å²) in [7, 11) is 0. The Kier molecular flexibility index (Phi) is 7.37. The van der Waals surface area contributed by atoms with Crippen LogP contribution in [-0.2, 0) is 17.9 Å². The van der Waals surface area contributed by atoms with Crippen LogP contribution in [0.15, 0.2) is 48.5 Å². The van der Waals surface area contributed by atoms with Crippen LogP contribution in [0.5, 0.6) is 0 Å². The Bertz CT molecular complexity index is 917. The van der Waals surface area contributed by atoms with E-state index >= 15 is 0 Å². The van der Waals surface area contributed by atoms with Crippen LogP contribution in [-0.4, -0.2) is 41.9 Å². The van der Waals surface area contributed by atoms with Gasteiger partial charge in [0.15, 0.2) is 0 Å². The number of carbonyl (C=O) groups is 1. The zero-order valence-electron chi connectivity index (χ0n) is 18.5. The molecule has 1 N–H and O–H groups in total. The lowest BCUT2D eigenvalue weighted by atomic mass is 9.95. The monoisotopic (exact) mass is 436 g/mol. The number of anilines is 1. The molecule has 0 bridgehead atoms. The van der Waals surface area contributed by atoms with E-state index in [1.54, 1.807) is 12.1 Å². The van der Waals surface area contributed by atoms with Gasteiger partial charge in [-0.1, -0.05) is 42.8 Å². The number of benzene rings is 2. The molecule has 4 rings (SSSR count). The van der Waals surface area contributed by atoms with Crippen molar-refractivity contribution in [1.29, 1.82) is 0 Å². The molecule has 7 nitrogen and oxygen atoms in total. The molecule has 1 amide bonds. The summed E-state index contributed by atoms with van der Waals surface area (Å²) in [5.41, 5.74) is 3.20. The second-order valence-corrected chi connectivity index (χ2v) is 8.88. The molecule has 0 unspecified atom stereocenters. The number of nitrogens with zero attached hydrogens (tertiary/aromatic N) is 3. The zero-order valence-corrected chi connectivity index (χ0v) is 18.5. The Labute approximate surface area is 189 Å². The Hall–Kier alpha value is -2.93. The maximum Gasteiger partial charge on any atom is 0.292 e. The van der Waals surface area contributed by atoms with Gasteiger partial charge < -0.3 is 10.2 Å². The first-order valence-electron chi connectivity index (χ1n) is 11.7. The largest absolute Gasteiger partial charge is 0.366 e. The average molecular weight is 437 g/mol. The molecule has 2 heterocycles. The van der Waals surface area contributed by atoms with Crippen molar-refractivity contribution in [3.8, 4) is 0 Å². The molecular weight excluding hydrogens is 404 g/mol. The second kappa shape index (κ2) is 10.6. The second-order valence-electron chi connectivity index (χ2n) is 8.88. The van der Waals surface area contributed by atoms with Crippen molar-refractivity contribution in [3.63, 3.8) is 0 Å². The molecule has 0 aromatic heterocycles. The highest BCUT2D eigenvalue weighted by Gasteiger charge is 2.27. The fourth-order valence-electron chi connectivity index (χ4n) is 4.74. The van der Waals surface area contributed by atoms with E-state index < -0.39 is 0 Å². The SMILES string of the molecule is O=C(NCc1ccc(CN2CCCCC2)cc1)C1CCN(c2ccccc2[N+](=O)[O-])CC1. The minimum Gasteiger partial charge on any atom is -0.366 e. The van der Waals surface area contributed by atoms with Gasteiger partial charge in [-0.3, -0.25) is 19.8 Å². The van der Waals surface area contributed by atoms with Gasteiger partial charge in [-0.2, -0.15) is 0 Å². The van der Waals surface area contributed by atoms with E-state index in [0.29, 0.717) is 38.2 Å².